The zero-order valence-corrected chi connectivity index (χ0v) is 15.7. The van der Waals surface area contributed by atoms with E-state index in [2.05, 4.69) is 31.1 Å². The molecule has 2 heterocycles. The van der Waals surface area contributed by atoms with E-state index in [1.807, 2.05) is 13.0 Å². The summed E-state index contributed by atoms with van der Waals surface area (Å²) in [7, 11) is 0. The van der Waals surface area contributed by atoms with Crippen molar-refractivity contribution in [2.24, 2.45) is 0 Å². The number of hydrogen-bond donors (Lipinski definition) is 0. The van der Waals surface area contributed by atoms with Crippen LogP contribution in [-0.2, 0) is 29.1 Å². The number of esters is 1. The second kappa shape index (κ2) is 8.22. The first-order valence-electron chi connectivity index (χ1n) is 8.18. The Morgan fingerprint density at radius 3 is 3.04 bits per heavy atom. The highest BCUT2D eigenvalue weighted by atomic mass is 79.9. The van der Waals surface area contributed by atoms with Gasteiger partial charge in [-0.15, -0.1) is 0 Å². The van der Waals surface area contributed by atoms with Crippen LogP contribution in [0.15, 0.2) is 38.3 Å². The van der Waals surface area contributed by atoms with Gasteiger partial charge in [-0.2, -0.15) is 4.98 Å². The van der Waals surface area contributed by atoms with Gasteiger partial charge < -0.3 is 9.26 Å². The number of halogens is 1. The average Bonchev–Trinajstić information content (AvgIpc) is 3.08. The van der Waals surface area contributed by atoms with E-state index in [4.69, 9.17) is 9.26 Å². The summed E-state index contributed by atoms with van der Waals surface area (Å²) < 4.78 is 12.3. The summed E-state index contributed by atoms with van der Waals surface area (Å²) in [6.45, 7) is 2.11. The van der Waals surface area contributed by atoms with Gasteiger partial charge in [-0.1, -0.05) is 28.0 Å². The average molecular weight is 421 g/mol. The molecule has 0 saturated heterocycles. The maximum atomic E-state index is 12.5. The van der Waals surface area contributed by atoms with Gasteiger partial charge in [-0.25, -0.2) is 4.98 Å². The lowest BCUT2D eigenvalue weighted by molar-refractivity contribution is -0.146. The van der Waals surface area contributed by atoms with E-state index in [9.17, 15) is 9.59 Å². The van der Waals surface area contributed by atoms with Crippen LogP contribution in [0.1, 0.15) is 31.5 Å². The molecule has 0 amide bonds. The van der Waals surface area contributed by atoms with Crippen LogP contribution in [0, 0.1) is 0 Å². The molecule has 0 fully saturated rings. The Balaban J connectivity index is 1.58. The molecular weight excluding hydrogens is 404 g/mol. The highest BCUT2D eigenvalue weighted by Gasteiger charge is 2.11. The van der Waals surface area contributed by atoms with Gasteiger partial charge in [0.1, 0.15) is 0 Å². The molecule has 0 spiro atoms. The number of aryl methyl sites for hydroxylation is 2. The van der Waals surface area contributed by atoms with Crippen LogP contribution in [0.4, 0.5) is 0 Å². The van der Waals surface area contributed by atoms with Gasteiger partial charge in [-0.05, 0) is 24.6 Å². The van der Waals surface area contributed by atoms with E-state index in [-0.39, 0.29) is 31.0 Å². The minimum Gasteiger partial charge on any atom is -0.456 e. The fraction of sp³-hybridized carbons (Fsp3) is 0.353. The predicted octanol–water partition coefficient (Wildman–Crippen LogP) is 2.63. The van der Waals surface area contributed by atoms with Crippen molar-refractivity contribution in [1.82, 2.24) is 19.7 Å². The fourth-order valence-corrected chi connectivity index (χ4v) is 2.75. The van der Waals surface area contributed by atoms with Crippen molar-refractivity contribution in [1.29, 1.82) is 0 Å². The summed E-state index contributed by atoms with van der Waals surface area (Å²) in [6, 6.07) is 5.29. The van der Waals surface area contributed by atoms with E-state index in [0.29, 0.717) is 23.1 Å². The molecule has 3 aromatic rings. The molecule has 9 heteroatoms. The number of benzene rings is 1. The molecule has 3 rings (SSSR count). The third-order valence-corrected chi connectivity index (χ3v) is 4.18. The van der Waals surface area contributed by atoms with Crippen LogP contribution in [0.2, 0.25) is 0 Å². The number of ether oxygens (including phenoxy) is 1. The van der Waals surface area contributed by atoms with E-state index < -0.39 is 5.97 Å². The van der Waals surface area contributed by atoms with E-state index in [1.165, 1.54) is 10.9 Å². The molecule has 0 aliphatic heterocycles. The maximum absolute atomic E-state index is 12.5. The Hall–Kier alpha value is -2.55. The molecule has 0 atom stereocenters. The predicted molar refractivity (Wildman–Crippen MR) is 96.4 cm³/mol. The Labute approximate surface area is 157 Å². The molecule has 136 valence electrons. The molecule has 0 radical (unpaired) electrons. The number of hydrogen-bond acceptors (Lipinski definition) is 7. The smallest absolute Gasteiger partial charge is 0.308 e. The summed E-state index contributed by atoms with van der Waals surface area (Å²) in [4.78, 5) is 32.7. The van der Waals surface area contributed by atoms with Crippen molar-refractivity contribution in [2.45, 2.75) is 39.3 Å². The summed E-state index contributed by atoms with van der Waals surface area (Å²) in [5.41, 5.74) is 0.404. The van der Waals surface area contributed by atoms with Gasteiger partial charge in [-0.3, -0.25) is 14.2 Å². The standard InChI is InChI=1S/C17H17BrN4O4/c1-2-3-14-20-15(26-21-14)9-25-16(23)6-7-22-10-19-13-5-4-11(18)8-12(13)17(22)24/h4-5,8,10H,2-3,6-7,9H2,1H3. The third-order valence-electron chi connectivity index (χ3n) is 3.68. The van der Waals surface area contributed by atoms with Crippen LogP contribution in [0.5, 0.6) is 0 Å². The Morgan fingerprint density at radius 1 is 1.38 bits per heavy atom. The van der Waals surface area contributed by atoms with E-state index in [0.717, 1.165) is 10.9 Å². The van der Waals surface area contributed by atoms with Gasteiger partial charge in [0, 0.05) is 17.4 Å². The highest BCUT2D eigenvalue weighted by Crippen LogP contribution is 2.14. The number of nitrogens with zero attached hydrogens (tertiary/aromatic N) is 4. The van der Waals surface area contributed by atoms with Crippen molar-refractivity contribution in [3.8, 4) is 0 Å². The molecule has 0 unspecified atom stereocenters. The van der Waals surface area contributed by atoms with Crippen LogP contribution in [0.3, 0.4) is 0 Å². The minimum absolute atomic E-state index is 0.0387. The largest absolute Gasteiger partial charge is 0.456 e. The first-order chi connectivity index (χ1) is 12.6. The second-order valence-electron chi connectivity index (χ2n) is 5.67. The lowest BCUT2D eigenvalue weighted by Crippen LogP contribution is -2.22. The molecule has 0 aliphatic rings. The molecule has 0 N–H and O–H groups in total. The number of fused-ring (bicyclic) bond motifs is 1. The third kappa shape index (κ3) is 4.34. The molecule has 1 aromatic carbocycles. The number of rotatable bonds is 7. The minimum atomic E-state index is -0.457. The van der Waals surface area contributed by atoms with Crippen molar-refractivity contribution < 1.29 is 14.1 Å². The summed E-state index contributed by atoms with van der Waals surface area (Å²) >= 11 is 3.34. The van der Waals surface area contributed by atoms with Gasteiger partial charge in [0.25, 0.3) is 11.4 Å². The van der Waals surface area contributed by atoms with Gasteiger partial charge in [0.05, 0.1) is 23.7 Å². The van der Waals surface area contributed by atoms with Crippen molar-refractivity contribution in [2.75, 3.05) is 0 Å². The van der Waals surface area contributed by atoms with Crippen molar-refractivity contribution in [3.05, 3.63) is 51.1 Å². The molecule has 26 heavy (non-hydrogen) atoms. The van der Waals surface area contributed by atoms with Crippen LogP contribution in [-0.4, -0.2) is 25.7 Å². The quantitative estimate of drug-likeness (QED) is 0.541. The summed E-state index contributed by atoms with van der Waals surface area (Å²) in [6.07, 6.45) is 3.09. The number of carbonyl (C=O) groups is 1. The number of carbonyl (C=O) groups excluding carboxylic acids is 1. The number of aromatic nitrogens is 4. The normalized spacial score (nSPS) is 11.0. The Morgan fingerprint density at radius 2 is 2.23 bits per heavy atom. The lowest BCUT2D eigenvalue weighted by Gasteiger charge is -2.06. The fourth-order valence-electron chi connectivity index (χ4n) is 2.39. The lowest BCUT2D eigenvalue weighted by atomic mass is 10.2. The molecule has 0 bridgehead atoms. The first kappa shape index (κ1) is 18.2. The summed E-state index contributed by atoms with van der Waals surface area (Å²) in [5.74, 6) is 0.399. The SMILES string of the molecule is CCCc1noc(COC(=O)CCn2cnc3ccc(Br)cc3c2=O)n1. The zero-order chi connectivity index (χ0) is 18.5. The first-order valence-corrected chi connectivity index (χ1v) is 8.98. The molecular formula is C17H17BrN4O4. The highest BCUT2D eigenvalue weighted by molar-refractivity contribution is 9.10. The molecule has 0 saturated carbocycles. The van der Waals surface area contributed by atoms with E-state index >= 15 is 0 Å². The Kier molecular flexibility index (Phi) is 5.77. The maximum Gasteiger partial charge on any atom is 0.308 e. The van der Waals surface area contributed by atoms with Crippen LogP contribution >= 0.6 is 15.9 Å². The van der Waals surface area contributed by atoms with Gasteiger partial charge in [0.2, 0.25) is 0 Å². The van der Waals surface area contributed by atoms with Gasteiger partial charge in [0.15, 0.2) is 12.4 Å². The molecule has 8 nitrogen and oxygen atoms in total. The topological polar surface area (TPSA) is 100 Å². The molecule has 2 aromatic heterocycles. The summed E-state index contributed by atoms with van der Waals surface area (Å²) in [5, 5.41) is 4.28. The monoisotopic (exact) mass is 420 g/mol. The van der Waals surface area contributed by atoms with Gasteiger partial charge >= 0.3 is 5.97 Å². The Bertz CT molecular complexity index is 982. The van der Waals surface area contributed by atoms with Crippen LogP contribution in [0.25, 0.3) is 10.9 Å². The second-order valence-corrected chi connectivity index (χ2v) is 6.59. The van der Waals surface area contributed by atoms with Crippen molar-refractivity contribution >= 4 is 32.8 Å². The zero-order valence-electron chi connectivity index (χ0n) is 14.1. The molecule has 0 aliphatic carbocycles. The van der Waals surface area contributed by atoms with E-state index in [1.54, 1.807) is 12.1 Å². The van der Waals surface area contributed by atoms with Crippen molar-refractivity contribution in [3.63, 3.8) is 0 Å². The van der Waals surface area contributed by atoms with Crippen LogP contribution < -0.4 is 5.56 Å².